The molecule has 2 amide bonds. The Kier molecular flexibility index (Phi) is 5.09. The predicted octanol–water partition coefficient (Wildman–Crippen LogP) is 1.18. The highest BCUT2D eigenvalue weighted by Gasteiger charge is 2.19. The number of aromatic nitrogens is 4. The standard InChI is InChI=1S/C15H18N6O2S/c1-20-15(17-18-19-20)24-10-13(22)16-12-6-4-11(5-7-12)14(23)21-8-2-3-9-21/h4-7H,2-3,8-10H2,1H3,(H,16,22). The molecule has 2 aromatic rings. The van der Waals surface area contributed by atoms with Crippen molar-refractivity contribution in [3.8, 4) is 0 Å². The average Bonchev–Trinajstić information content (AvgIpc) is 3.25. The van der Waals surface area contributed by atoms with Gasteiger partial charge in [0.05, 0.1) is 5.75 Å². The molecule has 0 atom stereocenters. The van der Waals surface area contributed by atoms with Crippen molar-refractivity contribution >= 4 is 29.3 Å². The van der Waals surface area contributed by atoms with Crippen molar-refractivity contribution in [2.75, 3.05) is 24.2 Å². The number of carbonyl (C=O) groups excluding carboxylic acids is 2. The Morgan fingerprint density at radius 1 is 1.21 bits per heavy atom. The molecule has 0 unspecified atom stereocenters. The van der Waals surface area contributed by atoms with Gasteiger partial charge in [0.1, 0.15) is 0 Å². The van der Waals surface area contributed by atoms with Crippen molar-refractivity contribution in [2.24, 2.45) is 7.05 Å². The monoisotopic (exact) mass is 346 g/mol. The van der Waals surface area contributed by atoms with Crippen LogP contribution < -0.4 is 5.32 Å². The van der Waals surface area contributed by atoms with Gasteiger partial charge in [0.15, 0.2) is 0 Å². The molecule has 1 saturated heterocycles. The molecule has 24 heavy (non-hydrogen) atoms. The van der Waals surface area contributed by atoms with E-state index in [-0.39, 0.29) is 17.6 Å². The van der Waals surface area contributed by atoms with E-state index in [0.29, 0.717) is 16.4 Å². The van der Waals surface area contributed by atoms with Crippen LogP contribution in [0.25, 0.3) is 0 Å². The zero-order chi connectivity index (χ0) is 16.9. The quantitative estimate of drug-likeness (QED) is 0.817. The third-order valence-electron chi connectivity index (χ3n) is 3.72. The summed E-state index contributed by atoms with van der Waals surface area (Å²) in [6.45, 7) is 1.65. The average molecular weight is 346 g/mol. The first-order valence-electron chi connectivity index (χ1n) is 7.68. The number of anilines is 1. The van der Waals surface area contributed by atoms with Crippen molar-refractivity contribution in [3.05, 3.63) is 29.8 Å². The number of hydrogen-bond donors (Lipinski definition) is 1. The van der Waals surface area contributed by atoms with Gasteiger partial charge in [-0.15, -0.1) is 5.10 Å². The lowest BCUT2D eigenvalue weighted by Crippen LogP contribution is -2.27. The smallest absolute Gasteiger partial charge is 0.253 e. The number of rotatable bonds is 5. The minimum atomic E-state index is -0.151. The second-order valence-electron chi connectivity index (χ2n) is 5.50. The zero-order valence-electron chi connectivity index (χ0n) is 13.3. The summed E-state index contributed by atoms with van der Waals surface area (Å²) < 4.78 is 1.51. The van der Waals surface area contributed by atoms with Crippen molar-refractivity contribution in [3.63, 3.8) is 0 Å². The van der Waals surface area contributed by atoms with E-state index < -0.39 is 0 Å². The summed E-state index contributed by atoms with van der Waals surface area (Å²) in [7, 11) is 1.72. The van der Waals surface area contributed by atoms with Gasteiger partial charge < -0.3 is 10.2 Å². The predicted molar refractivity (Wildman–Crippen MR) is 89.7 cm³/mol. The Labute approximate surface area is 143 Å². The summed E-state index contributed by atoms with van der Waals surface area (Å²) in [4.78, 5) is 26.1. The van der Waals surface area contributed by atoms with Crippen LogP contribution in [-0.2, 0) is 11.8 Å². The number of carbonyl (C=O) groups is 2. The second-order valence-corrected chi connectivity index (χ2v) is 6.44. The van der Waals surface area contributed by atoms with E-state index in [0.717, 1.165) is 25.9 Å². The van der Waals surface area contributed by atoms with Crippen LogP contribution in [0.3, 0.4) is 0 Å². The molecule has 1 fully saturated rings. The van der Waals surface area contributed by atoms with Crippen molar-refractivity contribution in [1.82, 2.24) is 25.1 Å². The van der Waals surface area contributed by atoms with Crippen LogP contribution in [0.5, 0.6) is 0 Å². The van der Waals surface area contributed by atoms with Crippen LogP contribution in [0, 0.1) is 0 Å². The molecule has 0 saturated carbocycles. The second kappa shape index (κ2) is 7.43. The number of likely N-dealkylation sites (tertiary alicyclic amines) is 1. The largest absolute Gasteiger partial charge is 0.339 e. The maximum atomic E-state index is 12.3. The molecule has 8 nitrogen and oxygen atoms in total. The fourth-order valence-electron chi connectivity index (χ4n) is 2.47. The van der Waals surface area contributed by atoms with Gasteiger partial charge in [-0.2, -0.15) is 0 Å². The number of aryl methyl sites for hydroxylation is 1. The molecule has 2 heterocycles. The molecule has 1 aromatic carbocycles. The number of thioether (sulfide) groups is 1. The Hall–Kier alpha value is -2.42. The first-order chi connectivity index (χ1) is 11.6. The lowest BCUT2D eigenvalue weighted by atomic mass is 10.2. The molecule has 126 valence electrons. The zero-order valence-corrected chi connectivity index (χ0v) is 14.1. The fourth-order valence-corrected chi connectivity index (χ4v) is 3.12. The van der Waals surface area contributed by atoms with E-state index in [1.54, 1.807) is 31.3 Å². The number of tetrazole rings is 1. The van der Waals surface area contributed by atoms with Gasteiger partial charge in [-0.3, -0.25) is 9.59 Å². The third-order valence-corrected chi connectivity index (χ3v) is 4.73. The Morgan fingerprint density at radius 2 is 1.92 bits per heavy atom. The van der Waals surface area contributed by atoms with Gasteiger partial charge in [0.2, 0.25) is 11.1 Å². The van der Waals surface area contributed by atoms with Crippen molar-refractivity contribution in [1.29, 1.82) is 0 Å². The molecule has 1 aliphatic rings. The summed E-state index contributed by atoms with van der Waals surface area (Å²) in [6, 6.07) is 6.98. The first-order valence-corrected chi connectivity index (χ1v) is 8.66. The van der Waals surface area contributed by atoms with Gasteiger partial charge in [-0.05, 0) is 47.5 Å². The minimum Gasteiger partial charge on any atom is -0.339 e. The number of nitrogens with one attached hydrogen (secondary N) is 1. The SMILES string of the molecule is Cn1nnnc1SCC(=O)Nc1ccc(C(=O)N2CCCC2)cc1. The van der Waals surface area contributed by atoms with E-state index in [9.17, 15) is 9.59 Å². The minimum absolute atomic E-state index is 0.0516. The fraction of sp³-hybridized carbons (Fsp3) is 0.400. The maximum Gasteiger partial charge on any atom is 0.253 e. The molecule has 0 radical (unpaired) electrons. The lowest BCUT2D eigenvalue weighted by Gasteiger charge is -2.15. The van der Waals surface area contributed by atoms with E-state index in [4.69, 9.17) is 0 Å². The summed E-state index contributed by atoms with van der Waals surface area (Å²) in [5.41, 5.74) is 1.31. The van der Waals surface area contributed by atoms with Gasteiger partial charge in [0.25, 0.3) is 5.91 Å². The number of nitrogens with zero attached hydrogens (tertiary/aromatic N) is 5. The molecule has 3 rings (SSSR count). The lowest BCUT2D eigenvalue weighted by molar-refractivity contribution is -0.113. The molecule has 0 bridgehead atoms. The van der Waals surface area contributed by atoms with Gasteiger partial charge in [0, 0.05) is 31.4 Å². The first kappa shape index (κ1) is 16.4. The van der Waals surface area contributed by atoms with Crippen molar-refractivity contribution < 1.29 is 9.59 Å². The van der Waals surface area contributed by atoms with E-state index >= 15 is 0 Å². The Bertz CT molecular complexity index is 724. The van der Waals surface area contributed by atoms with E-state index in [1.165, 1.54) is 16.4 Å². The Balaban J connectivity index is 1.52. The molecular weight excluding hydrogens is 328 g/mol. The van der Waals surface area contributed by atoms with E-state index in [2.05, 4.69) is 20.8 Å². The van der Waals surface area contributed by atoms with Gasteiger partial charge in [-0.25, -0.2) is 4.68 Å². The topological polar surface area (TPSA) is 93.0 Å². The number of benzene rings is 1. The number of amides is 2. The van der Waals surface area contributed by atoms with Crippen LogP contribution in [0.15, 0.2) is 29.4 Å². The van der Waals surface area contributed by atoms with Gasteiger partial charge in [-0.1, -0.05) is 11.8 Å². The highest BCUT2D eigenvalue weighted by Crippen LogP contribution is 2.16. The van der Waals surface area contributed by atoms with Gasteiger partial charge >= 0.3 is 0 Å². The molecular formula is C15H18N6O2S. The summed E-state index contributed by atoms with van der Waals surface area (Å²) >= 11 is 1.26. The van der Waals surface area contributed by atoms with E-state index in [1.807, 2.05) is 4.90 Å². The maximum absolute atomic E-state index is 12.3. The summed E-state index contributed by atoms with van der Waals surface area (Å²) in [6.07, 6.45) is 2.14. The summed E-state index contributed by atoms with van der Waals surface area (Å²) in [5, 5.41) is 14.4. The third kappa shape index (κ3) is 3.91. The Morgan fingerprint density at radius 3 is 2.54 bits per heavy atom. The number of hydrogen-bond acceptors (Lipinski definition) is 6. The molecule has 0 spiro atoms. The van der Waals surface area contributed by atoms with Crippen LogP contribution >= 0.6 is 11.8 Å². The van der Waals surface area contributed by atoms with Crippen LogP contribution in [-0.4, -0.2) is 55.8 Å². The molecule has 9 heteroatoms. The highest BCUT2D eigenvalue weighted by atomic mass is 32.2. The molecule has 1 N–H and O–H groups in total. The van der Waals surface area contributed by atoms with Crippen LogP contribution in [0.2, 0.25) is 0 Å². The molecule has 1 aromatic heterocycles. The molecule has 0 aliphatic carbocycles. The van der Waals surface area contributed by atoms with Crippen LogP contribution in [0.4, 0.5) is 5.69 Å². The highest BCUT2D eigenvalue weighted by molar-refractivity contribution is 7.99. The summed E-state index contributed by atoms with van der Waals surface area (Å²) in [5.74, 6) is 0.111. The van der Waals surface area contributed by atoms with Crippen molar-refractivity contribution in [2.45, 2.75) is 18.0 Å². The normalized spacial score (nSPS) is 14.0. The molecule has 1 aliphatic heterocycles. The van der Waals surface area contributed by atoms with Crippen LogP contribution in [0.1, 0.15) is 23.2 Å².